The van der Waals surface area contributed by atoms with Crippen molar-refractivity contribution in [2.24, 2.45) is 0 Å². The van der Waals surface area contributed by atoms with Gasteiger partial charge in [0, 0.05) is 12.1 Å². The summed E-state index contributed by atoms with van der Waals surface area (Å²) >= 11 is 5.83. The molecule has 0 fully saturated rings. The molecule has 21 heavy (non-hydrogen) atoms. The van der Waals surface area contributed by atoms with Gasteiger partial charge in [0.05, 0.1) is 10.7 Å². The summed E-state index contributed by atoms with van der Waals surface area (Å²) in [6.07, 6.45) is -0.0668. The summed E-state index contributed by atoms with van der Waals surface area (Å²) in [5, 5.41) is 21.5. The third-order valence-electron chi connectivity index (χ3n) is 2.32. The number of amides is 1. The number of carbonyl (C=O) groups is 1. The van der Waals surface area contributed by atoms with Gasteiger partial charge in [-0.1, -0.05) is 11.6 Å². The number of aromatic nitrogens is 1. The van der Waals surface area contributed by atoms with E-state index in [1.165, 1.54) is 36.5 Å². The number of carboxylic acid groups (broad SMARTS) is 1. The van der Waals surface area contributed by atoms with Crippen LogP contribution < -0.4 is 10.1 Å². The van der Waals surface area contributed by atoms with E-state index in [2.05, 4.69) is 10.3 Å². The van der Waals surface area contributed by atoms with Gasteiger partial charge in [-0.15, -0.1) is 0 Å². The molecule has 1 amide bonds. The summed E-state index contributed by atoms with van der Waals surface area (Å²) < 4.78 is 5.41. The van der Waals surface area contributed by atoms with Crippen LogP contribution in [0, 0.1) is 10.1 Å². The highest BCUT2D eigenvalue weighted by molar-refractivity contribution is 6.33. The predicted molar refractivity (Wildman–Crippen MR) is 74.1 cm³/mol. The number of nitro groups is 1. The summed E-state index contributed by atoms with van der Waals surface area (Å²) in [7, 11) is 0. The number of ether oxygens (including phenoxy) is 1. The Balaban J connectivity index is 2.19. The van der Waals surface area contributed by atoms with Gasteiger partial charge in [-0.25, -0.2) is 4.79 Å². The number of pyridine rings is 1. The lowest BCUT2D eigenvalue weighted by atomic mass is 10.3. The van der Waals surface area contributed by atoms with Crippen molar-refractivity contribution in [3.8, 4) is 11.5 Å². The Kier molecular flexibility index (Phi) is 4.19. The van der Waals surface area contributed by atoms with Gasteiger partial charge < -0.3 is 20.0 Å². The minimum Gasteiger partial charge on any atom is -0.465 e. The maximum absolute atomic E-state index is 10.6. The van der Waals surface area contributed by atoms with Crippen LogP contribution in [-0.2, 0) is 0 Å². The first-order valence-electron chi connectivity index (χ1n) is 5.53. The lowest BCUT2D eigenvalue weighted by Gasteiger charge is -2.08. The van der Waals surface area contributed by atoms with E-state index in [-0.39, 0.29) is 22.3 Å². The molecular formula is C12H8ClN3O5. The van der Waals surface area contributed by atoms with Crippen molar-refractivity contribution in [3.63, 3.8) is 0 Å². The summed E-state index contributed by atoms with van der Waals surface area (Å²) in [5.41, 5.74) is 0.163. The van der Waals surface area contributed by atoms with Crippen molar-refractivity contribution in [2.45, 2.75) is 0 Å². The number of halogens is 1. The molecule has 2 rings (SSSR count). The smallest absolute Gasteiger partial charge is 0.409 e. The van der Waals surface area contributed by atoms with Crippen LogP contribution in [0.4, 0.5) is 16.3 Å². The molecule has 108 valence electrons. The van der Waals surface area contributed by atoms with Gasteiger partial charge in [0.2, 0.25) is 0 Å². The molecule has 0 aliphatic heterocycles. The average molecular weight is 310 g/mol. The minimum absolute atomic E-state index is 0.163. The molecule has 1 heterocycles. The largest absolute Gasteiger partial charge is 0.465 e. The van der Waals surface area contributed by atoms with Crippen LogP contribution in [-0.4, -0.2) is 21.1 Å². The molecule has 2 aromatic rings. The summed E-state index contributed by atoms with van der Waals surface area (Å²) in [6, 6.07) is 6.95. The van der Waals surface area contributed by atoms with Crippen LogP contribution in [0.1, 0.15) is 0 Å². The first-order chi connectivity index (χ1) is 9.95. The number of hydrogen-bond acceptors (Lipinski definition) is 5. The third-order valence-corrected chi connectivity index (χ3v) is 2.65. The Morgan fingerprint density at radius 2 is 2.05 bits per heavy atom. The number of benzene rings is 1. The summed E-state index contributed by atoms with van der Waals surface area (Å²) in [4.78, 5) is 24.1. The molecule has 0 spiro atoms. The zero-order chi connectivity index (χ0) is 15.4. The molecule has 0 saturated heterocycles. The second-order valence-corrected chi connectivity index (χ2v) is 4.19. The molecule has 9 heteroatoms. The number of nitrogens with zero attached hydrogens (tertiary/aromatic N) is 2. The molecule has 0 saturated carbocycles. The predicted octanol–water partition coefficient (Wildman–Crippen LogP) is 3.53. The van der Waals surface area contributed by atoms with Gasteiger partial charge in [0.1, 0.15) is 5.75 Å². The number of hydrogen-bond donors (Lipinski definition) is 2. The van der Waals surface area contributed by atoms with Gasteiger partial charge in [-0.3, -0.25) is 5.32 Å². The van der Waals surface area contributed by atoms with E-state index in [9.17, 15) is 14.9 Å². The van der Waals surface area contributed by atoms with Crippen molar-refractivity contribution in [1.82, 2.24) is 4.98 Å². The quantitative estimate of drug-likeness (QED) is 0.659. The fourth-order valence-electron chi connectivity index (χ4n) is 1.46. The van der Waals surface area contributed by atoms with Crippen LogP contribution in [0.5, 0.6) is 11.5 Å². The molecule has 1 aromatic carbocycles. The molecule has 2 N–H and O–H groups in total. The van der Waals surface area contributed by atoms with E-state index in [1.807, 2.05) is 0 Å². The Hall–Kier alpha value is -2.87. The maximum Gasteiger partial charge on any atom is 0.409 e. The lowest BCUT2D eigenvalue weighted by Crippen LogP contribution is -2.07. The highest BCUT2D eigenvalue weighted by Crippen LogP contribution is 2.29. The highest BCUT2D eigenvalue weighted by atomic mass is 35.5. The van der Waals surface area contributed by atoms with Crippen molar-refractivity contribution in [1.29, 1.82) is 0 Å². The van der Waals surface area contributed by atoms with Crippen molar-refractivity contribution in [3.05, 3.63) is 51.7 Å². The Bertz CT molecular complexity index is 690. The molecule has 0 aliphatic carbocycles. The maximum atomic E-state index is 10.6. The third kappa shape index (κ3) is 3.80. The van der Waals surface area contributed by atoms with Gasteiger partial charge in [0.15, 0.2) is 11.9 Å². The molecule has 0 unspecified atom stereocenters. The first-order valence-corrected chi connectivity index (χ1v) is 5.91. The van der Waals surface area contributed by atoms with E-state index in [1.54, 1.807) is 0 Å². The molecule has 0 bridgehead atoms. The number of rotatable bonds is 4. The zero-order valence-corrected chi connectivity index (χ0v) is 11.1. The average Bonchev–Trinajstić information content (AvgIpc) is 2.42. The van der Waals surface area contributed by atoms with Crippen molar-refractivity contribution >= 4 is 29.2 Å². The van der Waals surface area contributed by atoms with Crippen LogP contribution in [0.3, 0.4) is 0 Å². The normalized spacial score (nSPS) is 9.95. The first kappa shape index (κ1) is 14.5. The van der Waals surface area contributed by atoms with Gasteiger partial charge >= 0.3 is 11.9 Å². The van der Waals surface area contributed by atoms with Gasteiger partial charge in [-0.2, -0.15) is 0 Å². The molecule has 0 radical (unpaired) electrons. The zero-order valence-electron chi connectivity index (χ0n) is 10.3. The molecular weight excluding hydrogens is 302 g/mol. The van der Waals surface area contributed by atoms with Gasteiger partial charge in [0.25, 0.3) is 0 Å². The monoisotopic (exact) mass is 309 g/mol. The summed E-state index contributed by atoms with van der Waals surface area (Å²) in [6.45, 7) is 0. The van der Waals surface area contributed by atoms with E-state index in [0.29, 0.717) is 5.75 Å². The molecule has 8 nitrogen and oxygen atoms in total. The fraction of sp³-hybridized carbons (Fsp3) is 0. The molecule has 0 atom stereocenters. The van der Waals surface area contributed by atoms with Crippen LogP contribution in [0.2, 0.25) is 5.02 Å². The SMILES string of the molecule is O=C(O)Nc1cc(Oc2ccc([N+](=O)[O-])nc2)ccc1Cl. The van der Waals surface area contributed by atoms with Gasteiger partial charge in [-0.05, 0) is 28.1 Å². The van der Waals surface area contributed by atoms with E-state index >= 15 is 0 Å². The molecule has 0 aliphatic rings. The highest BCUT2D eigenvalue weighted by Gasteiger charge is 2.09. The lowest BCUT2D eigenvalue weighted by molar-refractivity contribution is -0.389. The Morgan fingerprint density at radius 3 is 2.62 bits per heavy atom. The Labute approximate surface area is 123 Å². The second-order valence-electron chi connectivity index (χ2n) is 3.78. The second kappa shape index (κ2) is 6.06. The van der Waals surface area contributed by atoms with Crippen LogP contribution >= 0.6 is 11.6 Å². The van der Waals surface area contributed by atoms with Crippen LogP contribution in [0.15, 0.2) is 36.5 Å². The van der Waals surface area contributed by atoms with E-state index in [0.717, 1.165) is 0 Å². The molecule has 1 aromatic heterocycles. The topological polar surface area (TPSA) is 115 Å². The van der Waals surface area contributed by atoms with Crippen molar-refractivity contribution in [2.75, 3.05) is 5.32 Å². The number of anilines is 1. The minimum atomic E-state index is -1.26. The fourth-order valence-corrected chi connectivity index (χ4v) is 1.62. The van der Waals surface area contributed by atoms with E-state index in [4.69, 9.17) is 21.4 Å². The van der Waals surface area contributed by atoms with E-state index < -0.39 is 11.0 Å². The summed E-state index contributed by atoms with van der Waals surface area (Å²) in [5.74, 6) is 0.273. The standard InChI is InChI=1S/C12H8ClN3O5/c13-9-3-1-7(5-10(9)15-12(17)18)21-8-2-4-11(14-6-8)16(19)20/h1-6,15H,(H,17,18). The van der Waals surface area contributed by atoms with Crippen LogP contribution in [0.25, 0.3) is 0 Å². The Morgan fingerprint density at radius 1 is 1.33 bits per heavy atom. The van der Waals surface area contributed by atoms with Crippen molar-refractivity contribution < 1.29 is 19.6 Å². The number of nitrogens with one attached hydrogen (secondary N) is 1.